The van der Waals surface area contributed by atoms with Crippen LogP contribution in [0.5, 0.6) is 0 Å². The summed E-state index contributed by atoms with van der Waals surface area (Å²) in [6.07, 6.45) is 11.9. The number of aliphatic carboxylic acids is 1. The summed E-state index contributed by atoms with van der Waals surface area (Å²) < 4.78 is 11.2. The summed E-state index contributed by atoms with van der Waals surface area (Å²) in [6.45, 7) is 0.337. The summed E-state index contributed by atoms with van der Waals surface area (Å²) in [7, 11) is 0. The van der Waals surface area contributed by atoms with Crippen LogP contribution >= 0.6 is 0 Å². The molecule has 1 unspecified atom stereocenters. The summed E-state index contributed by atoms with van der Waals surface area (Å²) in [4.78, 5) is 22.7. The van der Waals surface area contributed by atoms with Gasteiger partial charge in [0.15, 0.2) is 5.60 Å². The highest BCUT2D eigenvalue weighted by molar-refractivity contribution is 5.91. The lowest BCUT2D eigenvalue weighted by Gasteiger charge is -2.24. The zero-order chi connectivity index (χ0) is 22.4. The first kappa shape index (κ1) is 25.1. The van der Waals surface area contributed by atoms with E-state index in [0.717, 1.165) is 63.4 Å². The molecule has 1 saturated heterocycles. The highest BCUT2D eigenvalue weighted by Gasteiger charge is 2.43. The van der Waals surface area contributed by atoms with Gasteiger partial charge in [0.25, 0.3) is 0 Å². The molecule has 172 valence electrons. The molecule has 2 rings (SSSR count). The fourth-order valence-electron chi connectivity index (χ4n) is 3.77. The van der Waals surface area contributed by atoms with Crippen molar-refractivity contribution < 1.29 is 29.3 Å². The van der Waals surface area contributed by atoms with Crippen molar-refractivity contribution in [1.82, 2.24) is 0 Å². The zero-order valence-corrected chi connectivity index (χ0v) is 18.4. The Hall–Kier alpha value is -2.18. The number of carbonyl (C=O) groups excluding carboxylic acids is 1. The van der Waals surface area contributed by atoms with Crippen molar-refractivity contribution in [3.05, 3.63) is 47.5 Å². The van der Waals surface area contributed by atoms with Crippen LogP contribution in [0.1, 0.15) is 76.2 Å². The van der Waals surface area contributed by atoms with Crippen LogP contribution in [0.4, 0.5) is 0 Å². The number of unbranched alkanes of at least 4 members (excludes halogenated alkanes) is 8. The van der Waals surface area contributed by atoms with Crippen LogP contribution in [0.2, 0.25) is 0 Å². The van der Waals surface area contributed by atoms with Gasteiger partial charge in [-0.05, 0) is 24.8 Å². The first-order valence-corrected chi connectivity index (χ1v) is 11.4. The smallest absolute Gasteiger partial charge is 0.334 e. The van der Waals surface area contributed by atoms with Gasteiger partial charge in [-0.2, -0.15) is 0 Å². The third-order valence-corrected chi connectivity index (χ3v) is 5.58. The molecule has 1 fully saturated rings. The Morgan fingerprint density at radius 3 is 2.32 bits per heavy atom. The van der Waals surface area contributed by atoms with E-state index >= 15 is 0 Å². The lowest BCUT2D eigenvalue weighted by Crippen LogP contribution is -2.38. The summed E-state index contributed by atoms with van der Waals surface area (Å²) in [6, 6.07) is 9.77. The molecule has 0 radical (unpaired) electrons. The van der Waals surface area contributed by atoms with E-state index in [2.05, 4.69) is 0 Å². The van der Waals surface area contributed by atoms with Gasteiger partial charge in [0.2, 0.25) is 0 Å². The van der Waals surface area contributed by atoms with Gasteiger partial charge in [-0.25, -0.2) is 4.79 Å². The molecule has 0 bridgehead atoms. The number of hydrogen-bond acceptors (Lipinski definition) is 5. The minimum atomic E-state index is -0.974. The largest absolute Gasteiger partial charge is 0.481 e. The Balaban J connectivity index is 1.59. The Morgan fingerprint density at radius 2 is 1.68 bits per heavy atom. The lowest BCUT2D eigenvalue weighted by molar-refractivity contribution is -0.157. The molecule has 6 nitrogen and oxygen atoms in total. The van der Waals surface area contributed by atoms with E-state index in [1.165, 1.54) is 0 Å². The molecule has 31 heavy (non-hydrogen) atoms. The van der Waals surface area contributed by atoms with Crippen molar-refractivity contribution in [3.63, 3.8) is 0 Å². The van der Waals surface area contributed by atoms with E-state index in [1.54, 1.807) is 0 Å². The molecule has 1 aromatic carbocycles. The fourth-order valence-corrected chi connectivity index (χ4v) is 3.77. The first-order valence-electron chi connectivity index (χ1n) is 11.4. The number of esters is 1. The predicted molar refractivity (Wildman–Crippen MR) is 119 cm³/mol. The molecule has 1 heterocycles. The quantitative estimate of drug-likeness (QED) is 0.222. The summed E-state index contributed by atoms with van der Waals surface area (Å²) in [5, 5.41) is 18.4. The molecule has 1 atom stereocenters. The second-order valence-electron chi connectivity index (χ2n) is 8.38. The SMILES string of the molecule is O=C(O)CCCCCCCCCC/C=C1\CC(CO)(COCc2ccccc2)OC1=O. The third kappa shape index (κ3) is 9.66. The minimum absolute atomic E-state index is 0.175. The van der Waals surface area contributed by atoms with Crippen molar-refractivity contribution >= 4 is 11.9 Å². The molecule has 1 aromatic rings. The average molecular weight is 433 g/mol. The number of carboxylic acid groups (broad SMARTS) is 1. The number of carbonyl (C=O) groups is 2. The van der Waals surface area contributed by atoms with Gasteiger partial charge in [-0.3, -0.25) is 4.79 Å². The monoisotopic (exact) mass is 432 g/mol. The van der Waals surface area contributed by atoms with E-state index in [-0.39, 0.29) is 25.6 Å². The zero-order valence-electron chi connectivity index (χ0n) is 18.4. The molecule has 0 spiro atoms. The van der Waals surface area contributed by atoms with Crippen molar-refractivity contribution in [3.8, 4) is 0 Å². The van der Waals surface area contributed by atoms with Crippen molar-refractivity contribution in [2.45, 2.75) is 82.8 Å². The van der Waals surface area contributed by atoms with Crippen molar-refractivity contribution in [2.24, 2.45) is 0 Å². The van der Waals surface area contributed by atoms with Crippen LogP contribution in [0.3, 0.4) is 0 Å². The summed E-state index contributed by atoms with van der Waals surface area (Å²) in [5.74, 6) is -1.06. The third-order valence-electron chi connectivity index (χ3n) is 5.58. The molecular weight excluding hydrogens is 396 g/mol. The highest BCUT2D eigenvalue weighted by atomic mass is 16.6. The maximum Gasteiger partial charge on any atom is 0.334 e. The molecule has 2 N–H and O–H groups in total. The fraction of sp³-hybridized carbons (Fsp3) is 0.600. The summed E-state index contributed by atoms with van der Waals surface area (Å²) in [5.41, 5.74) is 0.699. The van der Waals surface area contributed by atoms with E-state index in [9.17, 15) is 14.7 Å². The van der Waals surface area contributed by atoms with Crippen molar-refractivity contribution in [2.75, 3.05) is 13.2 Å². The number of carboxylic acids is 1. The Kier molecular flexibility index (Phi) is 11.3. The molecule has 1 aliphatic rings. The van der Waals surface area contributed by atoms with Gasteiger partial charge in [0.05, 0.1) is 19.8 Å². The average Bonchev–Trinajstić information content (AvgIpc) is 3.08. The molecule has 0 aliphatic carbocycles. The van der Waals surface area contributed by atoms with E-state index < -0.39 is 11.6 Å². The number of aliphatic hydroxyl groups is 1. The number of aliphatic hydroxyl groups excluding tert-OH is 1. The van der Waals surface area contributed by atoms with Crippen LogP contribution in [-0.2, 0) is 25.7 Å². The second kappa shape index (κ2) is 14.0. The molecule has 0 aromatic heterocycles. The molecule has 1 aliphatic heterocycles. The number of cyclic esters (lactones) is 1. The van der Waals surface area contributed by atoms with Gasteiger partial charge in [-0.15, -0.1) is 0 Å². The molecular formula is C25H36O6. The first-order chi connectivity index (χ1) is 15.0. The van der Waals surface area contributed by atoms with E-state index in [1.807, 2.05) is 36.4 Å². The molecule has 0 saturated carbocycles. The Morgan fingerprint density at radius 1 is 1.03 bits per heavy atom. The van der Waals surface area contributed by atoms with Gasteiger partial charge >= 0.3 is 11.9 Å². The highest BCUT2D eigenvalue weighted by Crippen LogP contribution is 2.31. The topological polar surface area (TPSA) is 93.1 Å². The number of benzene rings is 1. The number of hydrogen-bond donors (Lipinski definition) is 2. The number of ether oxygens (including phenoxy) is 2. The van der Waals surface area contributed by atoms with Gasteiger partial charge in [0, 0.05) is 18.4 Å². The van der Waals surface area contributed by atoms with E-state index in [4.69, 9.17) is 14.6 Å². The van der Waals surface area contributed by atoms with Crippen LogP contribution in [0.25, 0.3) is 0 Å². The van der Waals surface area contributed by atoms with Crippen LogP contribution in [-0.4, -0.2) is 41.0 Å². The maximum absolute atomic E-state index is 12.2. The van der Waals surface area contributed by atoms with E-state index in [0.29, 0.717) is 18.6 Å². The number of allylic oxidation sites excluding steroid dienone is 1. The van der Waals surface area contributed by atoms with Crippen LogP contribution < -0.4 is 0 Å². The van der Waals surface area contributed by atoms with Gasteiger partial charge in [-0.1, -0.05) is 74.9 Å². The maximum atomic E-state index is 12.2. The molecule has 0 amide bonds. The minimum Gasteiger partial charge on any atom is -0.481 e. The van der Waals surface area contributed by atoms with Gasteiger partial charge in [0.1, 0.15) is 0 Å². The number of rotatable bonds is 16. The standard InChI is InChI=1S/C25H36O6/c26-19-25(20-30-18-21-13-9-8-10-14-21)17-22(24(29)31-25)15-11-6-4-2-1-3-5-7-12-16-23(27)28/h8-10,13-15,26H,1-7,11-12,16-20H2,(H,27,28)/b22-15+. The second-order valence-corrected chi connectivity index (χ2v) is 8.38. The predicted octanol–water partition coefficient (Wildman–Crippen LogP) is 4.79. The van der Waals surface area contributed by atoms with Crippen LogP contribution in [0, 0.1) is 0 Å². The normalized spacial score (nSPS) is 19.6. The van der Waals surface area contributed by atoms with Crippen molar-refractivity contribution in [1.29, 1.82) is 0 Å². The Bertz CT molecular complexity index is 699. The van der Waals surface area contributed by atoms with Crippen LogP contribution in [0.15, 0.2) is 42.0 Å². The van der Waals surface area contributed by atoms with Gasteiger partial charge < -0.3 is 19.7 Å². The summed E-state index contributed by atoms with van der Waals surface area (Å²) >= 11 is 0. The molecule has 6 heteroatoms. The Labute approximate surface area is 185 Å². The lowest BCUT2D eigenvalue weighted by atomic mass is 9.98.